The Morgan fingerprint density at radius 1 is 1.60 bits per heavy atom. The van der Waals surface area contributed by atoms with Crippen LogP contribution in [-0.4, -0.2) is 30.1 Å². The molecule has 1 aromatic rings. The van der Waals surface area contributed by atoms with E-state index in [1.165, 1.54) is 0 Å². The molecule has 0 spiro atoms. The van der Waals surface area contributed by atoms with Gasteiger partial charge in [0.25, 0.3) is 0 Å². The van der Waals surface area contributed by atoms with Crippen molar-refractivity contribution >= 4 is 22.0 Å². The number of aromatic nitrogens is 1. The summed E-state index contributed by atoms with van der Waals surface area (Å²) in [5.74, 6) is 0.211. The number of hydrogen-bond donors (Lipinski definition) is 1. The third kappa shape index (κ3) is 3.85. The number of pyridine rings is 1. The Balaban J connectivity index is 2.89. The van der Waals surface area contributed by atoms with E-state index in [0.717, 1.165) is 10.2 Å². The van der Waals surface area contributed by atoms with Gasteiger partial charge in [-0.3, -0.25) is 0 Å². The molecule has 6 heteroatoms. The smallest absolute Gasteiger partial charge is 0.391 e. The molecule has 82 valence electrons. The number of hydrogen-bond acceptors (Lipinski definition) is 4. The third-order valence-electron chi connectivity index (χ3n) is 1.56. The van der Waals surface area contributed by atoms with Crippen LogP contribution >= 0.6 is 15.9 Å². The van der Waals surface area contributed by atoms with Gasteiger partial charge in [0.15, 0.2) is 0 Å². The quantitative estimate of drug-likeness (QED) is 0.903. The minimum absolute atomic E-state index is 0.211. The molecule has 0 aliphatic heterocycles. The van der Waals surface area contributed by atoms with E-state index in [2.05, 4.69) is 25.7 Å². The summed E-state index contributed by atoms with van der Waals surface area (Å²) in [7, 11) is 3.85. The zero-order valence-corrected chi connectivity index (χ0v) is 10.1. The van der Waals surface area contributed by atoms with Crippen molar-refractivity contribution in [2.24, 2.45) is 5.73 Å². The van der Waals surface area contributed by atoms with Crippen molar-refractivity contribution in [3.05, 3.63) is 22.3 Å². The molecule has 0 bridgehead atoms. The van der Waals surface area contributed by atoms with E-state index in [-0.39, 0.29) is 5.88 Å². The minimum atomic E-state index is -0.861. The number of rotatable bonds is 3. The van der Waals surface area contributed by atoms with Crippen molar-refractivity contribution in [3.63, 3.8) is 0 Å². The van der Waals surface area contributed by atoms with Gasteiger partial charge >= 0.3 is 6.09 Å². The van der Waals surface area contributed by atoms with Gasteiger partial charge in [0, 0.05) is 17.1 Å². The second-order valence-electron chi connectivity index (χ2n) is 3.24. The molecule has 1 heterocycles. The number of carbonyl (C=O) groups excluding carboxylic acids is 1. The van der Waals surface area contributed by atoms with Crippen molar-refractivity contribution in [2.45, 2.75) is 6.54 Å². The van der Waals surface area contributed by atoms with Crippen LogP contribution < -0.4 is 10.5 Å². The monoisotopic (exact) mass is 273 g/mol. The van der Waals surface area contributed by atoms with Gasteiger partial charge < -0.3 is 15.4 Å². The summed E-state index contributed by atoms with van der Waals surface area (Å²) in [5, 5.41) is 0. The Bertz CT molecular complexity index is 368. The Kier molecular flexibility index (Phi) is 4.05. The summed E-state index contributed by atoms with van der Waals surface area (Å²) in [6, 6.07) is 3.35. The van der Waals surface area contributed by atoms with Gasteiger partial charge in [-0.25, -0.2) is 9.78 Å². The molecule has 0 saturated carbocycles. The van der Waals surface area contributed by atoms with Crippen LogP contribution in [0, 0.1) is 0 Å². The van der Waals surface area contributed by atoms with E-state index in [9.17, 15) is 4.79 Å². The van der Waals surface area contributed by atoms with Crippen LogP contribution in [0.2, 0.25) is 0 Å². The first-order valence-electron chi connectivity index (χ1n) is 4.26. The Hall–Kier alpha value is -1.14. The predicted molar refractivity (Wildman–Crippen MR) is 59.5 cm³/mol. The van der Waals surface area contributed by atoms with Crippen molar-refractivity contribution in [3.8, 4) is 5.88 Å². The SMILES string of the molecule is CN(C)Cc1nc(OC(N)=O)ccc1Br. The van der Waals surface area contributed by atoms with E-state index < -0.39 is 6.09 Å². The molecule has 0 saturated heterocycles. The maximum absolute atomic E-state index is 10.5. The van der Waals surface area contributed by atoms with Crippen LogP contribution in [0.3, 0.4) is 0 Å². The Morgan fingerprint density at radius 2 is 2.27 bits per heavy atom. The summed E-state index contributed by atoms with van der Waals surface area (Å²) in [4.78, 5) is 16.6. The second-order valence-corrected chi connectivity index (χ2v) is 4.09. The highest BCUT2D eigenvalue weighted by molar-refractivity contribution is 9.10. The van der Waals surface area contributed by atoms with Crippen LogP contribution in [0.25, 0.3) is 0 Å². The minimum Gasteiger partial charge on any atom is -0.391 e. The highest BCUT2D eigenvalue weighted by Crippen LogP contribution is 2.19. The fraction of sp³-hybridized carbons (Fsp3) is 0.333. The maximum Gasteiger partial charge on any atom is 0.411 e. The molecule has 0 atom stereocenters. The van der Waals surface area contributed by atoms with Crippen LogP contribution in [0.5, 0.6) is 5.88 Å². The number of amides is 1. The standard InChI is InChI=1S/C9H12BrN3O2/c1-13(2)5-7-6(10)3-4-8(12-7)15-9(11)14/h3-4H,5H2,1-2H3,(H2,11,14). The summed E-state index contributed by atoms with van der Waals surface area (Å²) in [6.45, 7) is 0.649. The molecular formula is C9H12BrN3O2. The molecule has 5 nitrogen and oxygen atoms in total. The van der Waals surface area contributed by atoms with Gasteiger partial charge in [-0.15, -0.1) is 0 Å². The number of ether oxygens (including phenoxy) is 1. The van der Waals surface area contributed by atoms with E-state index >= 15 is 0 Å². The molecule has 0 radical (unpaired) electrons. The van der Waals surface area contributed by atoms with Crippen LogP contribution in [0.4, 0.5) is 4.79 Å². The second kappa shape index (κ2) is 5.09. The van der Waals surface area contributed by atoms with E-state index in [4.69, 9.17) is 5.73 Å². The first-order chi connectivity index (χ1) is 6.99. The van der Waals surface area contributed by atoms with Crippen LogP contribution in [0.15, 0.2) is 16.6 Å². The molecule has 0 aliphatic rings. The van der Waals surface area contributed by atoms with Crippen LogP contribution in [-0.2, 0) is 6.54 Å². The van der Waals surface area contributed by atoms with Crippen molar-refractivity contribution < 1.29 is 9.53 Å². The fourth-order valence-electron chi connectivity index (χ4n) is 1.03. The average Bonchev–Trinajstić information content (AvgIpc) is 2.09. The van der Waals surface area contributed by atoms with Gasteiger partial charge in [-0.2, -0.15) is 0 Å². The average molecular weight is 274 g/mol. The number of nitrogens with zero attached hydrogens (tertiary/aromatic N) is 2. The topological polar surface area (TPSA) is 68.5 Å². The number of halogens is 1. The maximum atomic E-state index is 10.5. The molecule has 1 amide bonds. The summed E-state index contributed by atoms with van der Waals surface area (Å²) >= 11 is 3.36. The largest absolute Gasteiger partial charge is 0.411 e. The third-order valence-corrected chi connectivity index (χ3v) is 2.29. The van der Waals surface area contributed by atoms with E-state index in [1.807, 2.05) is 19.0 Å². The summed E-state index contributed by atoms with van der Waals surface area (Å²) in [5.41, 5.74) is 5.68. The number of carbonyl (C=O) groups is 1. The molecule has 15 heavy (non-hydrogen) atoms. The van der Waals surface area contributed by atoms with Crippen molar-refractivity contribution in [2.75, 3.05) is 14.1 Å². The van der Waals surface area contributed by atoms with Crippen LogP contribution in [0.1, 0.15) is 5.69 Å². The number of nitrogens with two attached hydrogens (primary N) is 1. The molecule has 0 unspecified atom stereocenters. The highest BCUT2D eigenvalue weighted by Gasteiger charge is 2.07. The predicted octanol–water partition coefficient (Wildman–Crippen LogP) is 1.36. The normalized spacial score (nSPS) is 10.4. The zero-order chi connectivity index (χ0) is 11.4. The number of primary amides is 1. The first kappa shape index (κ1) is 11.9. The van der Waals surface area contributed by atoms with Gasteiger partial charge in [-0.1, -0.05) is 0 Å². The summed E-state index contributed by atoms with van der Waals surface area (Å²) < 4.78 is 5.55. The molecule has 1 rings (SSSR count). The first-order valence-corrected chi connectivity index (χ1v) is 5.06. The Morgan fingerprint density at radius 3 is 2.80 bits per heavy atom. The molecule has 2 N–H and O–H groups in total. The van der Waals surface area contributed by atoms with Gasteiger partial charge in [-0.05, 0) is 36.1 Å². The van der Waals surface area contributed by atoms with Gasteiger partial charge in [0.05, 0.1) is 5.69 Å². The fourth-order valence-corrected chi connectivity index (χ4v) is 1.38. The van der Waals surface area contributed by atoms with E-state index in [1.54, 1.807) is 12.1 Å². The lowest BCUT2D eigenvalue weighted by atomic mass is 10.3. The molecule has 0 fully saturated rings. The van der Waals surface area contributed by atoms with Gasteiger partial charge in [0.1, 0.15) is 0 Å². The van der Waals surface area contributed by atoms with Crippen molar-refractivity contribution in [1.29, 1.82) is 0 Å². The summed E-state index contributed by atoms with van der Waals surface area (Å²) in [6.07, 6.45) is -0.861. The molecule has 0 aliphatic carbocycles. The molecule has 1 aromatic heterocycles. The van der Waals surface area contributed by atoms with E-state index in [0.29, 0.717) is 6.54 Å². The molecular weight excluding hydrogens is 262 g/mol. The lowest BCUT2D eigenvalue weighted by Gasteiger charge is -2.11. The zero-order valence-electron chi connectivity index (χ0n) is 8.53. The van der Waals surface area contributed by atoms with Crippen molar-refractivity contribution in [1.82, 2.24) is 9.88 Å². The lowest BCUT2D eigenvalue weighted by molar-refractivity contribution is 0.209. The molecule has 0 aromatic carbocycles. The van der Waals surface area contributed by atoms with Gasteiger partial charge in [0.2, 0.25) is 5.88 Å². The highest BCUT2D eigenvalue weighted by atomic mass is 79.9. The Labute approximate surface area is 96.4 Å². The lowest BCUT2D eigenvalue weighted by Crippen LogP contribution is -2.18.